The van der Waals surface area contributed by atoms with Crippen LogP contribution in [-0.2, 0) is 7.05 Å². The predicted molar refractivity (Wildman–Crippen MR) is 71.7 cm³/mol. The van der Waals surface area contributed by atoms with Gasteiger partial charge in [0.15, 0.2) is 0 Å². The van der Waals surface area contributed by atoms with Crippen LogP contribution >= 0.6 is 23.2 Å². The number of aryl methyl sites for hydroxylation is 1. The molecule has 1 unspecified atom stereocenters. The van der Waals surface area contributed by atoms with E-state index >= 15 is 0 Å². The molecule has 0 aliphatic heterocycles. The Balaban J connectivity index is 2.19. The monoisotopic (exact) mass is 269 g/mol. The van der Waals surface area contributed by atoms with Gasteiger partial charge in [0.05, 0.1) is 17.9 Å². The van der Waals surface area contributed by atoms with Gasteiger partial charge in [0.2, 0.25) is 0 Å². The topological polar surface area (TPSA) is 29.9 Å². The van der Waals surface area contributed by atoms with Gasteiger partial charge < -0.3 is 5.32 Å². The van der Waals surface area contributed by atoms with Gasteiger partial charge in [-0.05, 0) is 30.7 Å². The summed E-state index contributed by atoms with van der Waals surface area (Å²) in [6, 6.07) is 5.54. The molecule has 17 heavy (non-hydrogen) atoms. The second kappa shape index (κ2) is 4.98. The molecule has 3 nitrogen and oxygen atoms in total. The van der Waals surface area contributed by atoms with E-state index in [9.17, 15) is 0 Å². The van der Waals surface area contributed by atoms with Crippen molar-refractivity contribution < 1.29 is 0 Å². The quantitative estimate of drug-likeness (QED) is 0.916. The highest BCUT2D eigenvalue weighted by Gasteiger charge is 2.10. The Kier molecular flexibility index (Phi) is 3.60. The molecular formula is C12H13Cl2N3. The van der Waals surface area contributed by atoms with Gasteiger partial charge in [-0.3, -0.25) is 4.68 Å². The van der Waals surface area contributed by atoms with E-state index in [1.165, 1.54) is 0 Å². The first-order valence-electron chi connectivity index (χ1n) is 5.26. The van der Waals surface area contributed by atoms with Gasteiger partial charge in [-0.15, -0.1) is 0 Å². The smallest absolute Gasteiger partial charge is 0.0731 e. The van der Waals surface area contributed by atoms with Crippen LogP contribution < -0.4 is 5.32 Å². The van der Waals surface area contributed by atoms with E-state index in [1.807, 2.05) is 26.2 Å². The molecular weight excluding hydrogens is 257 g/mol. The van der Waals surface area contributed by atoms with Crippen molar-refractivity contribution in [3.05, 3.63) is 46.2 Å². The van der Waals surface area contributed by atoms with Gasteiger partial charge in [-0.1, -0.05) is 23.2 Å². The normalized spacial score (nSPS) is 12.5. The van der Waals surface area contributed by atoms with E-state index < -0.39 is 0 Å². The lowest BCUT2D eigenvalue weighted by atomic mass is 10.1. The Morgan fingerprint density at radius 3 is 2.76 bits per heavy atom. The first kappa shape index (κ1) is 12.3. The number of anilines is 1. The molecule has 1 atom stereocenters. The lowest BCUT2D eigenvalue weighted by Crippen LogP contribution is -2.06. The van der Waals surface area contributed by atoms with Gasteiger partial charge in [-0.2, -0.15) is 5.10 Å². The maximum Gasteiger partial charge on any atom is 0.0731 e. The summed E-state index contributed by atoms with van der Waals surface area (Å²) in [5.74, 6) is 0. The fourth-order valence-electron chi connectivity index (χ4n) is 1.67. The molecule has 0 aliphatic carbocycles. The van der Waals surface area contributed by atoms with E-state index in [0.29, 0.717) is 10.0 Å². The molecule has 0 aliphatic rings. The molecule has 2 aromatic rings. The van der Waals surface area contributed by atoms with Crippen LogP contribution in [0.25, 0.3) is 0 Å². The first-order chi connectivity index (χ1) is 8.06. The van der Waals surface area contributed by atoms with E-state index in [4.69, 9.17) is 23.2 Å². The molecule has 0 saturated heterocycles. The number of benzene rings is 1. The summed E-state index contributed by atoms with van der Waals surface area (Å²) in [5.41, 5.74) is 1.93. The Labute approximate surface area is 110 Å². The predicted octanol–water partition coefficient (Wildman–Crippen LogP) is 3.90. The summed E-state index contributed by atoms with van der Waals surface area (Å²) in [6.45, 7) is 2.03. The molecule has 0 fully saturated rings. The molecule has 5 heteroatoms. The fraction of sp³-hybridized carbons (Fsp3) is 0.250. The van der Waals surface area contributed by atoms with E-state index in [1.54, 1.807) is 23.0 Å². The summed E-state index contributed by atoms with van der Waals surface area (Å²) in [6.07, 6.45) is 3.68. The highest BCUT2D eigenvalue weighted by molar-refractivity contribution is 6.33. The molecule has 0 spiro atoms. The number of hydrogen-bond acceptors (Lipinski definition) is 2. The first-order valence-corrected chi connectivity index (χ1v) is 6.02. The Morgan fingerprint density at radius 1 is 1.35 bits per heavy atom. The van der Waals surface area contributed by atoms with Crippen molar-refractivity contribution in [1.29, 1.82) is 0 Å². The second-order valence-corrected chi connectivity index (χ2v) is 4.78. The molecule has 1 aromatic heterocycles. The number of nitrogens with zero attached hydrogens (tertiary/aromatic N) is 2. The summed E-state index contributed by atoms with van der Waals surface area (Å²) < 4.78 is 1.74. The highest BCUT2D eigenvalue weighted by Crippen LogP contribution is 2.28. The summed E-state index contributed by atoms with van der Waals surface area (Å²) in [5, 5.41) is 8.81. The van der Waals surface area contributed by atoms with Gasteiger partial charge in [0, 0.05) is 23.3 Å². The third-order valence-corrected chi connectivity index (χ3v) is 3.09. The Bertz CT molecular complexity index is 522. The van der Waals surface area contributed by atoms with Crippen LogP contribution in [0, 0.1) is 0 Å². The third kappa shape index (κ3) is 2.93. The molecule has 1 heterocycles. The standard InChI is InChI=1S/C12H13Cl2N3/c1-8(16-10-6-15-17(2)7-10)11-5-9(13)3-4-12(11)14/h3-8,16H,1-2H3. The number of halogens is 2. The molecule has 2 rings (SSSR count). The number of nitrogens with one attached hydrogen (secondary N) is 1. The van der Waals surface area contributed by atoms with Gasteiger partial charge in [-0.25, -0.2) is 0 Å². The van der Waals surface area contributed by atoms with Crippen LogP contribution in [0.2, 0.25) is 10.0 Å². The molecule has 1 aromatic carbocycles. The van der Waals surface area contributed by atoms with Crippen LogP contribution in [-0.4, -0.2) is 9.78 Å². The number of aromatic nitrogens is 2. The Hall–Kier alpha value is -1.19. The van der Waals surface area contributed by atoms with Crippen LogP contribution in [0.1, 0.15) is 18.5 Å². The number of hydrogen-bond donors (Lipinski definition) is 1. The average Bonchev–Trinajstić information content (AvgIpc) is 2.67. The summed E-state index contributed by atoms with van der Waals surface area (Å²) in [4.78, 5) is 0. The Morgan fingerprint density at radius 2 is 2.12 bits per heavy atom. The molecule has 0 amide bonds. The van der Waals surface area contributed by atoms with Gasteiger partial charge >= 0.3 is 0 Å². The maximum atomic E-state index is 6.14. The fourth-order valence-corrected chi connectivity index (χ4v) is 2.13. The molecule has 0 bridgehead atoms. The van der Waals surface area contributed by atoms with Crippen LogP contribution in [0.5, 0.6) is 0 Å². The molecule has 0 radical (unpaired) electrons. The van der Waals surface area contributed by atoms with Crippen LogP contribution in [0.3, 0.4) is 0 Å². The van der Waals surface area contributed by atoms with Crippen molar-refractivity contribution in [2.45, 2.75) is 13.0 Å². The zero-order valence-corrected chi connectivity index (χ0v) is 11.1. The zero-order valence-electron chi connectivity index (χ0n) is 9.61. The number of rotatable bonds is 3. The lowest BCUT2D eigenvalue weighted by molar-refractivity contribution is 0.767. The average molecular weight is 270 g/mol. The third-order valence-electron chi connectivity index (χ3n) is 2.51. The highest BCUT2D eigenvalue weighted by atomic mass is 35.5. The van der Waals surface area contributed by atoms with Crippen molar-refractivity contribution in [3.63, 3.8) is 0 Å². The second-order valence-electron chi connectivity index (χ2n) is 3.93. The zero-order chi connectivity index (χ0) is 12.4. The van der Waals surface area contributed by atoms with E-state index in [0.717, 1.165) is 11.3 Å². The van der Waals surface area contributed by atoms with Crippen molar-refractivity contribution >= 4 is 28.9 Å². The van der Waals surface area contributed by atoms with Gasteiger partial charge in [0.25, 0.3) is 0 Å². The SMILES string of the molecule is CC(Nc1cnn(C)c1)c1cc(Cl)ccc1Cl. The van der Waals surface area contributed by atoms with Crippen molar-refractivity contribution in [1.82, 2.24) is 9.78 Å². The molecule has 0 saturated carbocycles. The summed E-state index contributed by atoms with van der Waals surface area (Å²) >= 11 is 12.1. The van der Waals surface area contributed by atoms with Crippen LogP contribution in [0.4, 0.5) is 5.69 Å². The van der Waals surface area contributed by atoms with Gasteiger partial charge in [0.1, 0.15) is 0 Å². The van der Waals surface area contributed by atoms with E-state index in [-0.39, 0.29) is 6.04 Å². The molecule has 1 N–H and O–H groups in total. The summed E-state index contributed by atoms with van der Waals surface area (Å²) in [7, 11) is 1.88. The minimum absolute atomic E-state index is 0.0744. The van der Waals surface area contributed by atoms with Crippen molar-refractivity contribution in [2.24, 2.45) is 7.05 Å². The minimum atomic E-state index is 0.0744. The van der Waals surface area contributed by atoms with Crippen molar-refractivity contribution in [2.75, 3.05) is 5.32 Å². The van der Waals surface area contributed by atoms with Crippen LogP contribution in [0.15, 0.2) is 30.6 Å². The largest absolute Gasteiger partial charge is 0.376 e. The van der Waals surface area contributed by atoms with E-state index in [2.05, 4.69) is 10.4 Å². The maximum absolute atomic E-state index is 6.14. The minimum Gasteiger partial charge on any atom is -0.376 e. The molecule has 90 valence electrons. The lowest BCUT2D eigenvalue weighted by Gasteiger charge is -2.15. The van der Waals surface area contributed by atoms with Crippen molar-refractivity contribution in [3.8, 4) is 0 Å².